The Balaban J connectivity index is 2.33. The van der Waals surface area contributed by atoms with E-state index in [4.69, 9.17) is 9.15 Å². The summed E-state index contributed by atoms with van der Waals surface area (Å²) < 4.78 is 11.6. The Morgan fingerprint density at radius 2 is 1.86 bits per heavy atom. The van der Waals surface area contributed by atoms with Crippen LogP contribution in [0.3, 0.4) is 0 Å². The van der Waals surface area contributed by atoms with Gasteiger partial charge in [-0.05, 0) is 31.6 Å². The van der Waals surface area contributed by atoms with E-state index in [2.05, 4.69) is 12.3 Å². The summed E-state index contributed by atoms with van der Waals surface area (Å²) in [6.07, 6.45) is 3.87. The van der Waals surface area contributed by atoms with Gasteiger partial charge < -0.3 is 9.15 Å². The molecule has 0 aliphatic carbocycles. The number of furan rings is 1. The van der Waals surface area contributed by atoms with Crippen LogP contribution in [0.2, 0.25) is 0 Å². The van der Waals surface area contributed by atoms with E-state index in [1.54, 1.807) is 0 Å². The Labute approximate surface area is 131 Å². The molecule has 2 heteroatoms. The van der Waals surface area contributed by atoms with Gasteiger partial charge in [-0.25, -0.2) is 0 Å². The van der Waals surface area contributed by atoms with Crippen LogP contribution in [0.1, 0.15) is 26.5 Å². The lowest BCUT2D eigenvalue weighted by atomic mass is 10.2. The largest absolute Gasteiger partial charge is 0.457 e. The van der Waals surface area contributed by atoms with Crippen molar-refractivity contribution >= 4 is 6.08 Å². The van der Waals surface area contributed by atoms with Crippen molar-refractivity contribution in [3.05, 3.63) is 83.7 Å². The number of rotatable bonds is 5. The first kappa shape index (κ1) is 15.7. The average Bonchev–Trinajstić information content (AvgIpc) is 3.02. The zero-order valence-corrected chi connectivity index (χ0v) is 13.2. The molecule has 0 aliphatic rings. The van der Waals surface area contributed by atoms with Crippen molar-refractivity contribution in [2.24, 2.45) is 0 Å². The van der Waals surface area contributed by atoms with Crippen molar-refractivity contribution < 1.29 is 9.15 Å². The van der Waals surface area contributed by atoms with Crippen LogP contribution in [-0.4, -0.2) is 0 Å². The van der Waals surface area contributed by atoms with Crippen LogP contribution in [0.25, 0.3) is 17.4 Å². The summed E-state index contributed by atoms with van der Waals surface area (Å²) in [5, 5.41) is 0. The second-order valence-electron chi connectivity index (χ2n) is 4.88. The molecule has 0 unspecified atom stereocenters. The Bertz CT molecular complexity index is 739. The van der Waals surface area contributed by atoms with Crippen molar-refractivity contribution in [2.75, 3.05) is 0 Å². The third-order valence-corrected chi connectivity index (χ3v) is 3.29. The minimum absolute atomic E-state index is 0.627. The molecule has 1 aromatic heterocycles. The van der Waals surface area contributed by atoms with Gasteiger partial charge in [0.2, 0.25) is 0 Å². The fourth-order valence-electron chi connectivity index (χ4n) is 1.88. The van der Waals surface area contributed by atoms with Crippen LogP contribution in [0.5, 0.6) is 0 Å². The van der Waals surface area contributed by atoms with E-state index >= 15 is 0 Å². The Morgan fingerprint density at radius 1 is 1.14 bits per heavy atom. The predicted octanol–water partition coefficient (Wildman–Crippen LogP) is 5.96. The third kappa shape index (κ3) is 3.91. The van der Waals surface area contributed by atoms with Gasteiger partial charge in [-0.1, -0.05) is 48.7 Å². The zero-order chi connectivity index (χ0) is 15.9. The Morgan fingerprint density at radius 3 is 2.50 bits per heavy atom. The van der Waals surface area contributed by atoms with Gasteiger partial charge >= 0.3 is 0 Å². The van der Waals surface area contributed by atoms with E-state index in [9.17, 15) is 0 Å². The lowest BCUT2D eigenvalue weighted by molar-refractivity contribution is 0.320. The van der Waals surface area contributed by atoms with Crippen LogP contribution in [0, 0.1) is 0 Å². The topological polar surface area (TPSA) is 22.4 Å². The molecule has 0 fully saturated rings. The van der Waals surface area contributed by atoms with Gasteiger partial charge in [0.1, 0.15) is 23.0 Å². The summed E-state index contributed by atoms with van der Waals surface area (Å²) in [5.41, 5.74) is 4.81. The summed E-state index contributed by atoms with van der Waals surface area (Å²) in [7, 11) is 0. The van der Waals surface area contributed by atoms with Crippen molar-refractivity contribution in [1.29, 1.82) is 0 Å². The Kier molecular flexibility index (Phi) is 5.24. The van der Waals surface area contributed by atoms with Crippen molar-refractivity contribution in [3.8, 4) is 11.3 Å². The molecule has 2 aromatic rings. The molecule has 22 heavy (non-hydrogen) atoms. The lowest BCUT2D eigenvalue weighted by Crippen LogP contribution is -1.91. The molecule has 0 amide bonds. The maximum atomic E-state index is 5.88. The number of hydrogen-bond acceptors (Lipinski definition) is 2. The predicted molar refractivity (Wildman–Crippen MR) is 91.0 cm³/mol. The van der Waals surface area contributed by atoms with Crippen molar-refractivity contribution in [2.45, 2.75) is 20.8 Å². The fraction of sp³-hybridized carbons (Fsp3) is 0.150. The second kappa shape index (κ2) is 7.35. The first-order valence-corrected chi connectivity index (χ1v) is 7.18. The summed E-state index contributed by atoms with van der Waals surface area (Å²) in [5.74, 6) is 2.93. The molecule has 0 atom stereocenters. The van der Waals surface area contributed by atoms with Crippen molar-refractivity contribution in [3.63, 3.8) is 0 Å². The van der Waals surface area contributed by atoms with E-state index < -0.39 is 0 Å². The van der Waals surface area contributed by atoms with Crippen LogP contribution >= 0.6 is 0 Å². The summed E-state index contributed by atoms with van der Waals surface area (Å²) >= 11 is 0. The number of ether oxygens (including phenoxy) is 1. The number of allylic oxidation sites excluding steroid dienone is 3. The van der Waals surface area contributed by atoms with Gasteiger partial charge in [0.15, 0.2) is 0 Å². The van der Waals surface area contributed by atoms with Gasteiger partial charge in [-0.3, -0.25) is 0 Å². The molecular formula is C20H20O2. The van der Waals surface area contributed by atoms with Gasteiger partial charge in [0.25, 0.3) is 0 Å². The normalized spacial score (nSPS) is 12.0. The molecule has 2 nitrogen and oxygen atoms in total. The van der Waals surface area contributed by atoms with Crippen LogP contribution in [0.4, 0.5) is 0 Å². The average molecular weight is 292 g/mol. The standard InChI is InChI=1S/C20H20O2/c1-5-15(3)20(21-16(4)6-2)14-18-12-13-19(22-18)17-10-8-7-9-11-17/h5,7-14H,2H2,1,3-4H3. The van der Waals surface area contributed by atoms with E-state index in [0.717, 1.165) is 28.4 Å². The first-order valence-electron chi connectivity index (χ1n) is 7.18. The molecule has 0 radical (unpaired) electrons. The maximum Gasteiger partial charge on any atom is 0.142 e. The zero-order valence-electron chi connectivity index (χ0n) is 13.2. The van der Waals surface area contributed by atoms with E-state index in [1.807, 2.05) is 75.4 Å². The molecule has 0 N–H and O–H groups in total. The molecular weight excluding hydrogens is 272 g/mol. The second-order valence-corrected chi connectivity index (χ2v) is 4.88. The minimum Gasteiger partial charge on any atom is -0.457 e. The quantitative estimate of drug-likeness (QED) is 0.385. The summed E-state index contributed by atoms with van der Waals surface area (Å²) in [4.78, 5) is 0. The summed E-state index contributed by atoms with van der Waals surface area (Å²) in [6, 6.07) is 13.9. The molecule has 2 rings (SSSR count). The molecule has 0 bridgehead atoms. The fourth-order valence-corrected chi connectivity index (χ4v) is 1.88. The van der Waals surface area contributed by atoms with Crippen LogP contribution < -0.4 is 0 Å². The maximum absolute atomic E-state index is 5.88. The smallest absolute Gasteiger partial charge is 0.142 e. The third-order valence-electron chi connectivity index (χ3n) is 3.29. The minimum atomic E-state index is 0.627. The van der Waals surface area contributed by atoms with Crippen LogP contribution in [0.15, 0.2) is 82.4 Å². The van der Waals surface area contributed by atoms with Gasteiger partial charge in [-0.15, -0.1) is 0 Å². The summed E-state index contributed by atoms with van der Waals surface area (Å²) in [6.45, 7) is 9.37. The first-order chi connectivity index (χ1) is 10.6. The highest BCUT2D eigenvalue weighted by atomic mass is 16.5. The van der Waals surface area contributed by atoms with Gasteiger partial charge in [-0.2, -0.15) is 0 Å². The molecule has 112 valence electrons. The molecule has 0 saturated carbocycles. The number of hydrogen-bond donors (Lipinski definition) is 0. The van der Waals surface area contributed by atoms with E-state index in [1.165, 1.54) is 0 Å². The monoisotopic (exact) mass is 292 g/mol. The number of benzene rings is 1. The highest BCUT2D eigenvalue weighted by Gasteiger charge is 2.07. The molecule has 0 saturated heterocycles. The van der Waals surface area contributed by atoms with Gasteiger partial charge in [0, 0.05) is 18.6 Å². The lowest BCUT2D eigenvalue weighted by Gasteiger charge is -2.08. The molecule has 0 aliphatic heterocycles. The molecule has 1 aromatic carbocycles. The highest BCUT2D eigenvalue weighted by molar-refractivity contribution is 5.61. The molecule has 1 heterocycles. The highest BCUT2D eigenvalue weighted by Crippen LogP contribution is 2.25. The van der Waals surface area contributed by atoms with E-state index in [0.29, 0.717) is 5.76 Å². The van der Waals surface area contributed by atoms with E-state index in [-0.39, 0.29) is 0 Å². The Hall–Kier alpha value is -2.70. The van der Waals surface area contributed by atoms with Gasteiger partial charge in [0.05, 0.1) is 0 Å². The molecule has 0 spiro atoms. The van der Waals surface area contributed by atoms with Crippen molar-refractivity contribution in [1.82, 2.24) is 0 Å². The van der Waals surface area contributed by atoms with Crippen LogP contribution in [-0.2, 0) is 4.74 Å². The SMILES string of the molecule is C=C=C(C)OC(=Cc1ccc(-c2ccccc2)o1)C(C)=CC.